The number of pyridine rings is 1. The van der Waals surface area contributed by atoms with E-state index in [0.717, 1.165) is 18.8 Å². The maximum Gasteiger partial charge on any atom is 0.323 e. The Bertz CT molecular complexity index is 672. The molecule has 120 valence electrons. The molecule has 1 aliphatic heterocycles. The Hall–Kier alpha value is -2.15. The molecule has 0 unspecified atom stereocenters. The zero-order valence-electron chi connectivity index (χ0n) is 12.4. The molecule has 1 aromatic carbocycles. The Morgan fingerprint density at radius 3 is 2.83 bits per heavy atom. The maximum absolute atomic E-state index is 12.0. The largest absolute Gasteiger partial charge is 0.369 e. The third kappa shape index (κ3) is 4.41. The summed E-state index contributed by atoms with van der Waals surface area (Å²) in [6.07, 6.45) is 1.57. The number of ether oxygens (including phenoxy) is 1. The van der Waals surface area contributed by atoms with Crippen molar-refractivity contribution >= 4 is 29.0 Å². The monoisotopic (exact) mass is 332 g/mol. The van der Waals surface area contributed by atoms with E-state index >= 15 is 0 Å². The number of halogens is 1. The van der Waals surface area contributed by atoms with E-state index in [2.05, 4.69) is 20.9 Å². The highest BCUT2D eigenvalue weighted by Gasteiger charge is 2.16. The Labute approximate surface area is 139 Å². The molecule has 0 bridgehead atoms. The minimum atomic E-state index is -0.350. The van der Waals surface area contributed by atoms with Crippen LogP contribution in [-0.4, -0.2) is 30.7 Å². The van der Waals surface area contributed by atoms with Crippen molar-refractivity contribution in [3.63, 3.8) is 0 Å². The predicted octanol–water partition coefficient (Wildman–Crippen LogP) is 3.04. The molecule has 3 rings (SSSR count). The van der Waals surface area contributed by atoms with Crippen LogP contribution in [0.4, 0.5) is 16.2 Å². The first-order valence-electron chi connectivity index (χ1n) is 7.32. The molecular weight excluding hydrogens is 316 g/mol. The smallest absolute Gasteiger partial charge is 0.323 e. The Kier molecular flexibility index (Phi) is 5.07. The highest BCUT2D eigenvalue weighted by Crippen LogP contribution is 2.18. The van der Waals surface area contributed by atoms with E-state index in [-0.39, 0.29) is 12.1 Å². The van der Waals surface area contributed by atoms with Gasteiger partial charge in [-0.2, -0.15) is 0 Å². The Morgan fingerprint density at radius 1 is 1.26 bits per heavy atom. The number of carbonyl (C=O) groups excluding carboxylic acids is 1. The molecule has 0 spiro atoms. The van der Waals surface area contributed by atoms with Gasteiger partial charge in [0.15, 0.2) is 0 Å². The van der Waals surface area contributed by atoms with Crippen LogP contribution >= 0.6 is 11.6 Å². The molecule has 0 radical (unpaired) electrons. The Balaban J connectivity index is 1.58. The quantitative estimate of drug-likeness (QED) is 0.807. The van der Waals surface area contributed by atoms with Gasteiger partial charge in [-0.25, -0.2) is 4.79 Å². The lowest BCUT2D eigenvalue weighted by molar-refractivity contribution is 0.0250. The van der Waals surface area contributed by atoms with Gasteiger partial charge in [-0.15, -0.1) is 0 Å². The van der Waals surface area contributed by atoms with E-state index in [9.17, 15) is 4.79 Å². The number of aromatic nitrogens is 1. The molecular formula is C16H17ClN4O2. The van der Waals surface area contributed by atoms with Gasteiger partial charge < -0.3 is 20.7 Å². The van der Waals surface area contributed by atoms with Crippen molar-refractivity contribution in [3.8, 4) is 0 Å². The lowest BCUT2D eigenvalue weighted by Crippen LogP contribution is -2.33. The van der Waals surface area contributed by atoms with Crippen LogP contribution in [0.15, 0.2) is 42.6 Å². The predicted molar refractivity (Wildman–Crippen MR) is 89.9 cm³/mol. The second kappa shape index (κ2) is 7.41. The van der Waals surface area contributed by atoms with Crippen LogP contribution in [-0.2, 0) is 4.74 Å². The molecule has 1 aromatic heterocycles. The van der Waals surface area contributed by atoms with Gasteiger partial charge in [0.25, 0.3) is 0 Å². The lowest BCUT2D eigenvalue weighted by Gasteiger charge is -2.23. The second-order valence-electron chi connectivity index (χ2n) is 5.12. The topological polar surface area (TPSA) is 75.3 Å². The number of rotatable bonds is 3. The standard InChI is InChI=1S/C16H17ClN4O2/c17-11-2-1-3-12(8-11)20-16(22)21-13-4-5-14(19-9-13)15-10-18-6-7-23-15/h1-5,8-9,15,18H,6-7,10H2,(H2,20,21,22)/t15-/m0/s1. The van der Waals surface area contributed by atoms with Gasteiger partial charge >= 0.3 is 6.03 Å². The molecule has 6 nitrogen and oxygen atoms in total. The summed E-state index contributed by atoms with van der Waals surface area (Å²) in [4.78, 5) is 16.3. The minimum Gasteiger partial charge on any atom is -0.369 e. The number of nitrogens with zero attached hydrogens (tertiary/aromatic N) is 1. The van der Waals surface area contributed by atoms with Crippen molar-refractivity contribution < 1.29 is 9.53 Å². The molecule has 1 saturated heterocycles. The second-order valence-corrected chi connectivity index (χ2v) is 5.56. The van der Waals surface area contributed by atoms with Gasteiger partial charge in [0.05, 0.1) is 24.2 Å². The number of hydrogen-bond acceptors (Lipinski definition) is 4. The van der Waals surface area contributed by atoms with Gasteiger partial charge in [-0.1, -0.05) is 17.7 Å². The number of amides is 2. The molecule has 0 saturated carbocycles. The van der Waals surface area contributed by atoms with Crippen LogP contribution in [0, 0.1) is 0 Å². The van der Waals surface area contributed by atoms with Gasteiger partial charge in [-0.3, -0.25) is 4.98 Å². The first kappa shape index (κ1) is 15.7. The van der Waals surface area contributed by atoms with E-state index in [0.29, 0.717) is 23.0 Å². The van der Waals surface area contributed by atoms with Crippen molar-refractivity contribution in [2.75, 3.05) is 30.3 Å². The highest BCUT2D eigenvalue weighted by molar-refractivity contribution is 6.30. The van der Waals surface area contributed by atoms with Crippen molar-refractivity contribution in [1.29, 1.82) is 0 Å². The average molecular weight is 333 g/mol. The maximum atomic E-state index is 12.0. The van der Waals surface area contributed by atoms with E-state index in [1.807, 2.05) is 6.07 Å². The van der Waals surface area contributed by atoms with Crippen LogP contribution in [0.2, 0.25) is 5.02 Å². The summed E-state index contributed by atoms with van der Waals surface area (Å²) >= 11 is 5.88. The number of nitrogens with one attached hydrogen (secondary N) is 3. The van der Waals surface area contributed by atoms with Crippen LogP contribution in [0.1, 0.15) is 11.8 Å². The summed E-state index contributed by atoms with van der Waals surface area (Å²) in [6, 6.07) is 10.3. The van der Waals surface area contributed by atoms with Gasteiger partial charge in [-0.05, 0) is 30.3 Å². The van der Waals surface area contributed by atoms with Crippen LogP contribution in [0.5, 0.6) is 0 Å². The number of hydrogen-bond donors (Lipinski definition) is 3. The third-order valence-electron chi connectivity index (χ3n) is 3.38. The van der Waals surface area contributed by atoms with Gasteiger partial charge in [0.2, 0.25) is 0 Å². The zero-order valence-corrected chi connectivity index (χ0v) is 13.1. The minimum absolute atomic E-state index is 0.0434. The van der Waals surface area contributed by atoms with E-state index in [4.69, 9.17) is 16.3 Å². The van der Waals surface area contributed by atoms with Crippen LogP contribution in [0.25, 0.3) is 0 Å². The first-order valence-corrected chi connectivity index (χ1v) is 7.70. The summed E-state index contributed by atoms with van der Waals surface area (Å²) in [5.74, 6) is 0. The molecule has 0 aliphatic carbocycles. The highest BCUT2D eigenvalue weighted by atomic mass is 35.5. The number of anilines is 2. The molecule has 23 heavy (non-hydrogen) atoms. The van der Waals surface area contributed by atoms with Crippen LogP contribution < -0.4 is 16.0 Å². The van der Waals surface area contributed by atoms with E-state index in [1.165, 1.54) is 0 Å². The molecule has 3 N–H and O–H groups in total. The summed E-state index contributed by atoms with van der Waals surface area (Å²) < 4.78 is 5.64. The van der Waals surface area contributed by atoms with Crippen LogP contribution in [0.3, 0.4) is 0 Å². The molecule has 2 aromatic rings. The van der Waals surface area contributed by atoms with Crippen molar-refractivity contribution in [3.05, 3.63) is 53.3 Å². The molecule has 1 aliphatic rings. The molecule has 2 heterocycles. The van der Waals surface area contributed by atoms with E-state index < -0.39 is 0 Å². The fraction of sp³-hybridized carbons (Fsp3) is 0.250. The number of carbonyl (C=O) groups is 1. The summed E-state index contributed by atoms with van der Waals surface area (Å²) in [6.45, 7) is 2.28. The van der Waals surface area contributed by atoms with Crippen molar-refractivity contribution in [2.24, 2.45) is 0 Å². The SMILES string of the molecule is O=C(Nc1ccc([C@@H]2CNCCO2)nc1)Nc1cccc(Cl)c1. The summed E-state index contributed by atoms with van der Waals surface area (Å²) in [5.41, 5.74) is 2.08. The Morgan fingerprint density at radius 2 is 2.13 bits per heavy atom. The fourth-order valence-electron chi connectivity index (χ4n) is 2.28. The average Bonchev–Trinajstić information content (AvgIpc) is 2.56. The van der Waals surface area contributed by atoms with E-state index in [1.54, 1.807) is 36.5 Å². The number of urea groups is 1. The summed E-state index contributed by atoms with van der Waals surface area (Å²) in [7, 11) is 0. The lowest BCUT2D eigenvalue weighted by atomic mass is 10.2. The van der Waals surface area contributed by atoms with Crippen molar-refractivity contribution in [1.82, 2.24) is 10.3 Å². The zero-order chi connectivity index (χ0) is 16.1. The molecule has 2 amide bonds. The first-order chi connectivity index (χ1) is 11.2. The molecule has 7 heteroatoms. The fourth-order valence-corrected chi connectivity index (χ4v) is 2.48. The normalized spacial score (nSPS) is 17.5. The van der Waals surface area contributed by atoms with Gasteiger partial charge in [0.1, 0.15) is 6.10 Å². The molecule has 1 fully saturated rings. The van der Waals surface area contributed by atoms with Crippen molar-refractivity contribution in [2.45, 2.75) is 6.10 Å². The summed E-state index contributed by atoms with van der Waals surface area (Å²) in [5, 5.41) is 9.26. The molecule has 1 atom stereocenters. The number of benzene rings is 1. The van der Waals surface area contributed by atoms with Gasteiger partial charge in [0, 0.05) is 23.8 Å². The number of morpholine rings is 1. The third-order valence-corrected chi connectivity index (χ3v) is 3.62.